The van der Waals surface area contributed by atoms with Gasteiger partial charge in [-0.3, -0.25) is 4.57 Å². The Morgan fingerprint density at radius 3 is 2.62 bits per heavy atom. The van der Waals surface area contributed by atoms with Crippen molar-refractivity contribution in [3.8, 4) is 11.8 Å². The van der Waals surface area contributed by atoms with E-state index in [2.05, 4.69) is 21.4 Å². The largest absolute Gasteiger partial charge is 0.368 e. The molecule has 0 radical (unpaired) electrons. The summed E-state index contributed by atoms with van der Waals surface area (Å²) in [6.45, 7) is 3.60. The van der Waals surface area contributed by atoms with Gasteiger partial charge in [-0.15, -0.1) is 0 Å². The van der Waals surface area contributed by atoms with Crippen LogP contribution in [0.15, 0.2) is 48.5 Å². The molecule has 29 heavy (non-hydrogen) atoms. The highest BCUT2D eigenvalue weighted by Gasteiger charge is 2.21. The number of nitrogens with one attached hydrogen (secondary N) is 1. The Morgan fingerprint density at radius 2 is 1.90 bits per heavy atom. The Balaban J connectivity index is 1.85. The van der Waals surface area contributed by atoms with Crippen molar-refractivity contribution in [1.82, 2.24) is 19.5 Å². The van der Waals surface area contributed by atoms with Crippen molar-refractivity contribution in [2.75, 3.05) is 11.1 Å². The molecule has 0 amide bonds. The molecule has 7 nitrogen and oxygen atoms in total. The zero-order valence-electron chi connectivity index (χ0n) is 15.9. The molecule has 3 N–H and O–H groups in total. The van der Waals surface area contributed by atoms with E-state index in [9.17, 15) is 9.65 Å². The van der Waals surface area contributed by atoms with Crippen LogP contribution in [0.2, 0.25) is 0 Å². The third-order valence-electron chi connectivity index (χ3n) is 4.62. The summed E-state index contributed by atoms with van der Waals surface area (Å²) >= 11 is 0. The van der Waals surface area contributed by atoms with Crippen LogP contribution >= 0.6 is 0 Å². The molecule has 0 aliphatic rings. The summed E-state index contributed by atoms with van der Waals surface area (Å²) in [7, 11) is 0. The van der Waals surface area contributed by atoms with Gasteiger partial charge in [0.15, 0.2) is 0 Å². The highest BCUT2D eigenvalue weighted by atomic mass is 19.1. The van der Waals surface area contributed by atoms with Crippen LogP contribution in [0, 0.1) is 24.1 Å². The summed E-state index contributed by atoms with van der Waals surface area (Å²) < 4.78 is 15.8. The van der Waals surface area contributed by atoms with Crippen molar-refractivity contribution >= 4 is 22.8 Å². The zero-order chi connectivity index (χ0) is 20.5. The van der Waals surface area contributed by atoms with E-state index in [1.54, 1.807) is 13.0 Å². The summed E-state index contributed by atoms with van der Waals surface area (Å²) in [4.78, 5) is 12.9. The third-order valence-corrected chi connectivity index (χ3v) is 4.62. The van der Waals surface area contributed by atoms with Gasteiger partial charge in [-0.05, 0) is 38.1 Å². The minimum absolute atomic E-state index is 0.0785. The number of hydrogen-bond donors (Lipinski definition) is 2. The molecule has 0 unspecified atom stereocenters. The van der Waals surface area contributed by atoms with Gasteiger partial charge in [-0.1, -0.05) is 18.2 Å². The molecule has 0 saturated carbocycles. The van der Waals surface area contributed by atoms with Crippen molar-refractivity contribution in [3.05, 3.63) is 71.4 Å². The van der Waals surface area contributed by atoms with E-state index >= 15 is 0 Å². The Labute approximate surface area is 166 Å². The first-order valence-corrected chi connectivity index (χ1v) is 9.02. The van der Waals surface area contributed by atoms with Crippen LogP contribution in [0.25, 0.3) is 16.7 Å². The second kappa shape index (κ2) is 7.20. The Kier molecular flexibility index (Phi) is 4.56. The van der Waals surface area contributed by atoms with Crippen molar-refractivity contribution in [3.63, 3.8) is 0 Å². The van der Waals surface area contributed by atoms with Crippen LogP contribution < -0.4 is 11.1 Å². The number of nitriles is 1. The van der Waals surface area contributed by atoms with Crippen LogP contribution in [-0.2, 0) is 0 Å². The van der Waals surface area contributed by atoms with E-state index in [0.717, 1.165) is 5.69 Å². The normalized spacial score (nSPS) is 11.9. The highest BCUT2D eigenvalue weighted by Crippen LogP contribution is 2.28. The first-order valence-electron chi connectivity index (χ1n) is 9.02. The number of benzene rings is 2. The van der Waals surface area contributed by atoms with Crippen LogP contribution in [0.1, 0.15) is 30.0 Å². The van der Waals surface area contributed by atoms with Crippen LogP contribution in [-0.4, -0.2) is 19.5 Å². The Bertz CT molecular complexity index is 1240. The number of nitrogens with two attached hydrogens (primary N) is 1. The lowest BCUT2D eigenvalue weighted by molar-refractivity contribution is 0.629. The topological polar surface area (TPSA) is 105 Å². The fourth-order valence-electron chi connectivity index (χ4n) is 3.31. The number of aromatic nitrogens is 4. The highest BCUT2D eigenvalue weighted by molar-refractivity contribution is 5.78. The van der Waals surface area contributed by atoms with Gasteiger partial charge in [0.05, 0.1) is 22.8 Å². The van der Waals surface area contributed by atoms with Gasteiger partial charge in [0, 0.05) is 11.8 Å². The van der Waals surface area contributed by atoms with E-state index in [1.807, 2.05) is 41.8 Å². The van der Waals surface area contributed by atoms with E-state index in [-0.39, 0.29) is 17.8 Å². The lowest BCUT2D eigenvalue weighted by Gasteiger charge is -2.18. The molecular weight excluding hydrogens is 369 g/mol. The summed E-state index contributed by atoms with van der Waals surface area (Å²) in [5.41, 5.74) is 8.74. The second-order valence-electron chi connectivity index (χ2n) is 6.64. The summed E-state index contributed by atoms with van der Waals surface area (Å²) in [5.74, 6) is 0.723. The quantitative estimate of drug-likeness (QED) is 0.550. The van der Waals surface area contributed by atoms with Gasteiger partial charge in [-0.25, -0.2) is 14.4 Å². The lowest BCUT2D eigenvalue weighted by atomic mass is 10.2. The van der Waals surface area contributed by atoms with E-state index < -0.39 is 0 Å². The zero-order valence-corrected chi connectivity index (χ0v) is 15.9. The number of nitrogens with zero attached hydrogens (tertiary/aromatic N) is 5. The van der Waals surface area contributed by atoms with Crippen LogP contribution in [0.4, 0.5) is 16.2 Å². The first-order chi connectivity index (χ1) is 14.0. The average molecular weight is 387 g/mol. The molecule has 1 atom stereocenters. The number of para-hydroxylation sites is 1. The lowest BCUT2D eigenvalue weighted by Crippen LogP contribution is -2.16. The molecule has 8 heteroatoms. The summed E-state index contributed by atoms with van der Waals surface area (Å²) in [6, 6.07) is 15.8. The number of halogens is 1. The minimum Gasteiger partial charge on any atom is -0.368 e. The van der Waals surface area contributed by atoms with E-state index in [4.69, 9.17) is 10.7 Å². The predicted molar refractivity (Wildman–Crippen MR) is 109 cm³/mol. The number of anilines is 2. The number of aryl methyl sites for hydroxylation is 1. The average Bonchev–Trinajstić information content (AvgIpc) is 3.07. The van der Waals surface area contributed by atoms with Crippen LogP contribution in [0.5, 0.6) is 0 Å². The monoisotopic (exact) mass is 387 g/mol. The van der Waals surface area contributed by atoms with Gasteiger partial charge >= 0.3 is 0 Å². The number of imidazole rings is 1. The molecule has 0 aliphatic carbocycles. The smallest absolute Gasteiger partial charge is 0.222 e. The molecule has 2 aromatic carbocycles. The standard InChI is InChI=1S/C21H18FN7/c1-12-16(11-23)19(28-21(24)26-12)25-13(2)20-27-17-9-8-14(22)10-18(17)29(20)15-6-4-3-5-7-15/h3-10,13H,1-2H3,(H3,24,25,26,28)/t13-/m0/s1. The fourth-order valence-corrected chi connectivity index (χ4v) is 3.31. The van der Waals surface area contributed by atoms with E-state index in [0.29, 0.717) is 33.9 Å². The molecule has 0 aliphatic heterocycles. The molecule has 0 bridgehead atoms. The van der Waals surface area contributed by atoms with Crippen molar-refractivity contribution in [2.24, 2.45) is 0 Å². The molecule has 0 spiro atoms. The Hall–Kier alpha value is -3.99. The third kappa shape index (κ3) is 3.34. The summed E-state index contributed by atoms with van der Waals surface area (Å²) in [6.07, 6.45) is 0. The second-order valence-corrected chi connectivity index (χ2v) is 6.64. The predicted octanol–water partition coefficient (Wildman–Crippen LogP) is 3.89. The number of rotatable bonds is 4. The number of hydrogen-bond acceptors (Lipinski definition) is 6. The van der Waals surface area contributed by atoms with Crippen molar-refractivity contribution in [1.29, 1.82) is 5.26 Å². The van der Waals surface area contributed by atoms with Crippen molar-refractivity contribution < 1.29 is 4.39 Å². The molecular formula is C21H18FN7. The molecule has 4 aromatic rings. The molecule has 2 heterocycles. The van der Waals surface area contributed by atoms with Crippen molar-refractivity contribution in [2.45, 2.75) is 19.9 Å². The maximum atomic E-state index is 14.0. The number of fused-ring (bicyclic) bond motifs is 1. The van der Waals surface area contributed by atoms with Crippen LogP contribution in [0.3, 0.4) is 0 Å². The molecule has 144 valence electrons. The minimum atomic E-state index is -0.355. The Morgan fingerprint density at radius 1 is 1.14 bits per heavy atom. The fraction of sp³-hybridized carbons (Fsp3) is 0.143. The summed E-state index contributed by atoms with van der Waals surface area (Å²) in [5, 5.41) is 12.7. The van der Waals surface area contributed by atoms with Gasteiger partial charge in [-0.2, -0.15) is 10.2 Å². The van der Waals surface area contributed by atoms with Gasteiger partial charge in [0.1, 0.15) is 29.1 Å². The van der Waals surface area contributed by atoms with Gasteiger partial charge in [0.2, 0.25) is 5.95 Å². The SMILES string of the molecule is Cc1nc(N)nc(N[C@@H](C)c2nc3ccc(F)cc3n2-c2ccccc2)c1C#N. The molecule has 0 saturated heterocycles. The van der Waals surface area contributed by atoms with E-state index in [1.165, 1.54) is 12.1 Å². The maximum Gasteiger partial charge on any atom is 0.222 e. The van der Waals surface area contributed by atoms with Gasteiger partial charge in [0.25, 0.3) is 0 Å². The molecule has 2 aromatic heterocycles. The number of nitrogen functional groups attached to an aromatic ring is 1. The molecule has 0 fully saturated rings. The maximum absolute atomic E-state index is 14.0. The van der Waals surface area contributed by atoms with Gasteiger partial charge < -0.3 is 11.1 Å². The first kappa shape index (κ1) is 18.4. The molecule has 4 rings (SSSR count).